The maximum absolute atomic E-state index is 15.7. The van der Waals surface area contributed by atoms with Crippen LogP contribution in [0.4, 0.5) is 8.78 Å². The minimum atomic E-state index is -1.52. The van der Waals surface area contributed by atoms with E-state index in [4.69, 9.17) is 21.1 Å². The van der Waals surface area contributed by atoms with E-state index in [1.807, 2.05) is 18.2 Å². The Morgan fingerprint density at radius 2 is 1.95 bits per heavy atom. The number of pyridine rings is 2. The van der Waals surface area contributed by atoms with Gasteiger partial charge in [0.1, 0.15) is 28.4 Å². The fourth-order valence-electron chi connectivity index (χ4n) is 5.19. The number of halogens is 2. The maximum Gasteiger partial charge on any atom is 0.155 e. The van der Waals surface area contributed by atoms with Gasteiger partial charge in [-0.2, -0.15) is 0 Å². The Labute approximate surface area is 237 Å². The first-order valence-electron chi connectivity index (χ1n) is 13.3. The summed E-state index contributed by atoms with van der Waals surface area (Å²) in [4.78, 5) is 9.04. The summed E-state index contributed by atoms with van der Waals surface area (Å²) in [5.74, 6) is 5.92. The number of rotatable bonds is 8. The summed E-state index contributed by atoms with van der Waals surface area (Å²) >= 11 is 0. The summed E-state index contributed by atoms with van der Waals surface area (Å²) in [6.07, 6.45) is 4.57. The molecule has 0 bridgehead atoms. The van der Waals surface area contributed by atoms with Crippen molar-refractivity contribution < 1.29 is 23.4 Å². The fraction of sp³-hybridized carbons (Fsp3) is 0.290. The van der Waals surface area contributed by atoms with Crippen LogP contribution in [0, 0.1) is 11.6 Å². The molecule has 1 fully saturated rings. The van der Waals surface area contributed by atoms with E-state index in [2.05, 4.69) is 9.97 Å². The highest BCUT2D eigenvalue weighted by atomic mass is 19.1. The molecule has 0 aliphatic carbocycles. The molecule has 5 rings (SSSR count). The number of aliphatic hydroxyl groups is 1. The van der Waals surface area contributed by atoms with E-state index >= 15 is 4.39 Å². The Morgan fingerprint density at radius 3 is 2.61 bits per heavy atom. The van der Waals surface area contributed by atoms with Gasteiger partial charge in [-0.1, -0.05) is 6.07 Å². The number of hydrazine groups is 1. The Balaban J connectivity index is 1.53. The molecule has 0 saturated carbocycles. The Hall–Kier alpha value is -4.12. The number of nitrogens with two attached hydrogens (primary N) is 2. The third-order valence-electron chi connectivity index (χ3n) is 7.27. The van der Waals surface area contributed by atoms with Gasteiger partial charge in [0, 0.05) is 41.1 Å². The van der Waals surface area contributed by atoms with E-state index in [0.717, 1.165) is 17.3 Å². The molecule has 0 amide bonds. The number of ether oxygens (including phenoxy) is 2. The third kappa shape index (κ3) is 5.72. The number of methoxy groups -OCH3 is 1. The van der Waals surface area contributed by atoms with Crippen LogP contribution in [0.25, 0.3) is 27.9 Å². The van der Waals surface area contributed by atoms with Crippen LogP contribution >= 0.6 is 0 Å². The molecule has 8 nitrogen and oxygen atoms in total. The number of hydrogen-bond acceptors (Lipinski definition) is 8. The van der Waals surface area contributed by atoms with Gasteiger partial charge in [-0.3, -0.25) is 4.98 Å². The molecule has 1 atom stereocenters. The van der Waals surface area contributed by atoms with Gasteiger partial charge < -0.3 is 25.3 Å². The molecular formula is C31H33F2N5O3. The Bertz CT molecular complexity index is 1600. The smallest absolute Gasteiger partial charge is 0.155 e. The van der Waals surface area contributed by atoms with Gasteiger partial charge in [-0.05, 0) is 75.2 Å². The summed E-state index contributed by atoms with van der Waals surface area (Å²) in [5.41, 5.74) is 6.57. The molecule has 0 spiro atoms. The van der Waals surface area contributed by atoms with Gasteiger partial charge in [0.2, 0.25) is 0 Å². The molecule has 1 aliphatic rings. The molecule has 1 aliphatic heterocycles. The molecule has 2 aromatic heterocycles. The number of aromatic nitrogens is 2. The monoisotopic (exact) mass is 561 g/mol. The lowest BCUT2D eigenvalue weighted by atomic mass is 9.89. The maximum atomic E-state index is 15.7. The molecule has 5 N–H and O–H groups in total. The highest BCUT2D eigenvalue weighted by Gasteiger charge is 2.41. The predicted octanol–water partition coefficient (Wildman–Crippen LogP) is 4.95. The van der Waals surface area contributed by atoms with Crippen molar-refractivity contribution in [2.24, 2.45) is 11.6 Å². The van der Waals surface area contributed by atoms with Gasteiger partial charge in [-0.15, -0.1) is 0 Å². The minimum absolute atomic E-state index is 0.00926. The molecule has 214 valence electrons. The standard InChI is InChI=1S/C31H33F2N5O3/c1-30(2,39)23-16-26(37-29(27(23)33)19-7-9-22(32)10-8-19)31(11-5-13-41-31)18-38(35)17-24(34)21-14-20-6-4-12-36-28(20)25(15-21)40-3/h4,6-10,12,14-17,39H,5,11,13,18,34-35H2,1-3H3/b24-17-. The van der Waals surface area contributed by atoms with Crippen LogP contribution in [0.1, 0.15) is 43.5 Å². The van der Waals surface area contributed by atoms with Gasteiger partial charge in [0.05, 0.1) is 30.6 Å². The third-order valence-corrected chi connectivity index (χ3v) is 7.27. The summed E-state index contributed by atoms with van der Waals surface area (Å²) < 4.78 is 41.1. The van der Waals surface area contributed by atoms with Crippen molar-refractivity contribution in [3.8, 4) is 17.0 Å². The highest BCUT2D eigenvalue weighted by molar-refractivity contribution is 5.88. The molecule has 0 radical (unpaired) electrons. The second-order valence-electron chi connectivity index (χ2n) is 10.7. The first kappa shape index (κ1) is 28.4. The van der Waals surface area contributed by atoms with E-state index < -0.39 is 22.8 Å². The molecule has 41 heavy (non-hydrogen) atoms. The normalized spacial score (nSPS) is 17.7. The van der Waals surface area contributed by atoms with E-state index in [1.165, 1.54) is 49.2 Å². The van der Waals surface area contributed by atoms with Gasteiger partial charge in [0.25, 0.3) is 0 Å². The first-order chi connectivity index (χ1) is 19.5. The van der Waals surface area contributed by atoms with E-state index in [9.17, 15) is 9.50 Å². The molecule has 3 heterocycles. The number of benzene rings is 2. The van der Waals surface area contributed by atoms with Crippen molar-refractivity contribution in [3.05, 3.63) is 95.4 Å². The number of hydrogen-bond donors (Lipinski definition) is 3. The van der Waals surface area contributed by atoms with Crippen molar-refractivity contribution in [2.75, 3.05) is 20.3 Å². The van der Waals surface area contributed by atoms with Crippen molar-refractivity contribution in [1.82, 2.24) is 15.0 Å². The van der Waals surface area contributed by atoms with E-state index in [1.54, 1.807) is 25.6 Å². The van der Waals surface area contributed by atoms with Crippen LogP contribution in [0.15, 0.2) is 67.0 Å². The van der Waals surface area contributed by atoms with Crippen LogP contribution in [-0.2, 0) is 15.9 Å². The zero-order chi connectivity index (χ0) is 29.4. The van der Waals surface area contributed by atoms with Crippen molar-refractivity contribution in [3.63, 3.8) is 0 Å². The van der Waals surface area contributed by atoms with Crippen LogP contribution < -0.4 is 16.3 Å². The molecule has 4 aromatic rings. The molecular weight excluding hydrogens is 528 g/mol. The van der Waals surface area contributed by atoms with E-state index in [0.29, 0.717) is 41.3 Å². The Kier molecular flexibility index (Phi) is 7.65. The second-order valence-corrected chi connectivity index (χ2v) is 10.7. The van der Waals surface area contributed by atoms with Crippen molar-refractivity contribution in [2.45, 2.75) is 37.9 Å². The highest BCUT2D eigenvalue weighted by Crippen LogP contribution is 2.40. The first-order valence-corrected chi connectivity index (χ1v) is 13.3. The summed E-state index contributed by atoms with van der Waals surface area (Å²) in [6.45, 7) is 3.59. The second kappa shape index (κ2) is 11.0. The summed E-state index contributed by atoms with van der Waals surface area (Å²) in [5, 5.41) is 13.1. The molecule has 2 aromatic carbocycles. The predicted molar refractivity (Wildman–Crippen MR) is 153 cm³/mol. The SMILES string of the molecule is COc1cc(/C(N)=C/N(N)CC2(c3cc(C(C)(C)O)c(F)c(-c4ccc(F)cc4)n3)CCCO2)cc2cccnc12. The molecule has 10 heteroatoms. The number of nitrogens with zero attached hydrogens (tertiary/aromatic N) is 3. The van der Waals surface area contributed by atoms with Gasteiger partial charge in [0.15, 0.2) is 5.82 Å². The van der Waals surface area contributed by atoms with Crippen LogP contribution in [0.2, 0.25) is 0 Å². The quantitative estimate of drug-likeness (QED) is 0.204. The zero-order valence-corrected chi connectivity index (χ0v) is 23.2. The topological polar surface area (TPSA) is 120 Å². The van der Waals surface area contributed by atoms with Crippen LogP contribution in [0.5, 0.6) is 5.75 Å². The molecule has 1 unspecified atom stereocenters. The lowest BCUT2D eigenvalue weighted by molar-refractivity contribution is -0.0229. The zero-order valence-electron chi connectivity index (χ0n) is 23.2. The lowest BCUT2D eigenvalue weighted by Gasteiger charge is -2.33. The lowest BCUT2D eigenvalue weighted by Crippen LogP contribution is -2.43. The summed E-state index contributed by atoms with van der Waals surface area (Å²) in [7, 11) is 1.57. The minimum Gasteiger partial charge on any atom is -0.494 e. The van der Waals surface area contributed by atoms with E-state index in [-0.39, 0.29) is 17.8 Å². The average Bonchev–Trinajstić information content (AvgIpc) is 3.41. The largest absolute Gasteiger partial charge is 0.494 e. The molecule has 1 saturated heterocycles. The summed E-state index contributed by atoms with van der Waals surface area (Å²) in [6, 6.07) is 14.3. The van der Waals surface area contributed by atoms with Crippen LogP contribution in [0.3, 0.4) is 0 Å². The number of fused-ring (bicyclic) bond motifs is 1. The van der Waals surface area contributed by atoms with Crippen LogP contribution in [-0.4, -0.2) is 40.3 Å². The van der Waals surface area contributed by atoms with Crippen molar-refractivity contribution in [1.29, 1.82) is 0 Å². The average molecular weight is 562 g/mol. The van der Waals surface area contributed by atoms with Crippen molar-refractivity contribution >= 4 is 16.6 Å². The van der Waals surface area contributed by atoms with Gasteiger partial charge in [-0.25, -0.2) is 19.6 Å². The Morgan fingerprint density at radius 1 is 1.20 bits per heavy atom. The fourth-order valence-corrected chi connectivity index (χ4v) is 5.19. The van der Waals surface area contributed by atoms with Gasteiger partial charge >= 0.3 is 0 Å².